The summed E-state index contributed by atoms with van der Waals surface area (Å²) in [6, 6.07) is 9.13. The first-order valence-electron chi connectivity index (χ1n) is 5.46. The summed E-state index contributed by atoms with van der Waals surface area (Å²) in [5.74, 6) is -0.0358. The third-order valence-corrected chi connectivity index (χ3v) is 2.62. The summed E-state index contributed by atoms with van der Waals surface area (Å²) in [6.07, 6.45) is 9.06. The average Bonchev–Trinajstić information content (AvgIpc) is 2.38. The molecule has 1 unspecified atom stereocenters. The second-order valence-electron chi connectivity index (χ2n) is 4.03. The van der Waals surface area contributed by atoms with Crippen molar-refractivity contribution in [1.82, 2.24) is 0 Å². The molecule has 2 N–H and O–H groups in total. The van der Waals surface area contributed by atoms with Crippen molar-refractivity contribution in [2.24, 2.45) is 10.7 Å². The smallest absolute Gasteiger partial charge is 0.185 e. The van der Waals surface area contributed by atoms with Gasteiger partial charge in [-0.1, -0.05) is 36.4 Å². The highest BCUT2D eigenvalue weighted by Gasteiger charge is 2.18. The molecule has 0 aromatic heterocycles. The first-order valence-corrected chi connectivity index (χ1v) is 5.46. The monoisotopic (exact) mass is 226 g/mol. The lowest BCUT2D eigenvalue weighted by Crippen LogP contribution is -2.36. The Labute approximate surface area is 100 Å². The third kappa shape index (κ3) is 2.98. The Balaban J connectivity index is 2.09. The van der Waals surface area contributed by atoms with Crippen LogP contribution in [-0.2, 0) is 0 Å². The first-order chi connectivity index (χ1) is 8.20. The fraction of sp³-hybridized carbons (Fsp3) is 0.143. The number of ketones is 1. The van der Waals surface area contributed by atoms with E-state index in [0.717, 1.165) is 0 Å². The van der Waals surface area contributed by atoms with Crippen molar-refractivity contribution in [3.63, 3.8) is 0 Å². The van der Waals surface area contributed by atoms with Crippen molar-refractivity contribution in [2.45, 2.75) is 12.0 Å². The highest BCUT2D eigenvalue weighted by Crippen LogP contribution is 2.14. The molecule has 0 saturated heterocycles. The zero-order valence-corrected chi connectivity index (χ0v) is 9.41. The number of hydrogen-bond donors (Lipinski definition) is 1. The van der Waals surface area contributed by atoms with Crippen LogP contribution < -0.4 is 5.73 Å². The van der Waals surface area contributed by atoms with Crippen LogP contribution in [0.1, 0.15) is 16.8 Å². The molecular weight excluding hydrogens is 212 g/mol. The van der Waals surface area contributed by atoms with E-state index >= 15 is 0 Å². The second-order valence-corrected chi connectivity index (χ2v) is 4.03. The Hall–Kier alpha value is -2.00. The maximum Gasteiger partial charge on any atom is 0.185 e. The summed E-state index contributed by atoms with van der Waals surface area (Å²) in [4.78, 5) is 15.8. The first kappa shape index (κ1) is 11.5. The Morgan fingerprint density at radius 3 is 2.76 bits per heavy atom. The highest BCUT2D eigenvalue weighted by atomic mass is 16.1. The lowest BCUT2D eigenvalue weighted by atomic mass is 9.94. The molecule has 1 heterocycles. The van der Waals surface area contributed by atoms with Crippen LogP contribution in [0.2, 0.25) is 0 Å². The minimum absolute atomic E-state index is 0.0358. The molecule has 0 radical (unpaired) electrons. The normalized spacial score (nSPS) is 23.1. The molecule has 2 rings (SSSR count). The molecule has 1 aromatic carbocycles. The van der Waals surface area contributed by atoms with Crippen molar-refractivity contribution in [3.8, 4) is 0 Å². The third-order valence-electron chi connectivity index (χ3n) is 2.62. The number of rotatable bonds is 3. The molecule has 0 bridgehead atoms. The Morgan fingerprint density at radius 2 is 2.12 bits per heavy atom. The van der Waals surface area contributed by atoms with E-state index in [1.807, 2.05) is 18.2 Å². The summed E-state index contributed by atoms with van der Waals surface area (Å²) in [7, 11) is 0. The van der Waals surface area contributed by atoms with Gasteiger partial charge >= 0.3 is 0 Å². The summed E-state index contributed by atoms with van der Waals surface area (Å²) < 4.78 is 0. The van der Waals surface area contributed by atoms with E-state index in [-0.39, 0.29) is 5.78 Å². The van der Waals surface area contributed by atoms with E-state index in [2.05, 4.69) is 4.99 Å². The molecule has 1 aromatic rings. The maximum atomic E-state index is 11.8. The number of nitrogens with two attached hydrogens (primary N) is 1. The number of allylic oxidation sites excluding steroid dienone is 1. The number of carbonyl (C=O) groups is 1. The quantitative estimate of drug-likeness (QED) is 0.634. The number of carbonyl (C=O) groups excluding carboxylic acids is 1. The average molecular weight is 226 g/mol. The van der Waals surface area contributed by atoms with Crippen LogP contribution in [0.4, 0.5) is 0 Å². The summed E-state index contributed by atoms with van der Waals surface area (Å²) >= 11 is 0. The highest BCUT2D eigenvalue weighted by molar-refractivity contribution is 6.04. The van der Waals surface area contributed by atoms with Gasteiger partial charge in [-0.3, -0.25) is 9.79 Å². The van der Waals surface area contributed by atoms with Crippen LogP contribution in [0.5, 0.6) is 0 Å². The summed E-state index contributed by atoms with van der Waals surface area (Å²) in [5, 5.41) is 0. The van der Waals surface area contributed by atoms with E-state index < -0.39 is 5.54 Å². The lowest BCUT2D eigenvalue weighted by Gasteiger charge is -2.20. The van der Waals surface area contributed by atoms with E-state index in [1.165, 1.54) is 6.08 Å². The molecule has 17 heavy (non-hydrogen) atoms. The van der Waals surface area contributed by atoms with Gasteiger partial charge in [-0.05, 0) is 12.2 Å². The van der Waals surface area contributed by atoms with Gasteiger partial charge in [0.15, 0.2) is 5.78 Å². The van der Waals surface area contributed by atoms with Gasteiger partial charge in [-0.2, -0.15) is 0 Å². The number of aliphatic imine (C=N–C) groups is 1. The standard InChI is InChI=1S/C14H14N2O/c15-14(8-10-16-11-9-14)7-6-13(17)12-4-2-1-3-5-12/h1-8,10-11H,9,15H2. The van der Waals surface area contributed by atoms with Gasteiger partial charge in [-0.15, -0.1) is 0 Å². The van der Waals surface area contributed by atoms with Crippen molar-refractivity contribution in [3.05, 3.63) is 60.3 Å². The molecule has 86 valence electrons. The molecule has 3 nitrogen and oxygen atoms in total. The molecule has 0 aliphatic carbocycles. The van der Waals surface area contributed by atoms with Crippen LogP contribution >= 0.6 is 0 Å². The van der Waals surface area contributed by atoms with Gasteiger partial charge < -0.3 is 5.73 Å². The minimum atomic E-state index is -0.591. The molecule has 0 spiro atoms. The van der Waals surface area contributed by atoms with Gasteiger partial charge in [0.05, 0.1) is 5.54 Å². The molecular formula is C14H14N2O. The predicted molar refractivity (Wildman–Crippen MR) is 69.1 cm³/mol. The van der Waals surface area contributed by atoms with E-state index in [0.29, 0.717) is 12.0 Å². The number of nitrogens with zero attached hydrogens (tertiary/aromatic N) is 1. The molecule has 1 aliphatic rings. The molecule has 0 fully saturated rings. The van der Waals surface area contributed by atoms with E-state index in [4.69, 9.17) is 5.73 Å². The van der Waals surface area contributed by atoms with Crippen LogP contribution in [0.25, 0.3) is 0 Å². The largest absolute Gasteiger partial charge is 0.318 e. The Bertz CT molecular complexity index is 488. The maximum absolute atomic E-state index is 11.8. The zero-order valence-electron chi connectivity index (χ0n) is 9.41. The van der Waals surface area contributed by atoms with Gasteiger partial charge in [0.2, 0.25) is 0 Å². The number of benzene rings is 1. The fourth-order valence-electron chi connectivity index (χ4n) is 1.57. The Morgan fingerprint density at radius 1 is 1.35 bits per heavy atom. The van der Waals surface area contributed by atoms with Crippen LogP contribution in [0.15, 0.2) is 59.8 Å². The van der Waals surface area contributed by atoms with Gasteiger partial charge in [-0.25, -0.2) is 0 Å². The zero-order chi connectivity index (χ0) is 12.1. The van der Waals surface area contributed by atoms with Crippen molar-refractivity contribution in [1.29, 1.82) is 0 Å². The van der Waals surface area contributed by atoms with Gasteiger partial charge in [0, 0.05) is 24.4 Å². The number of hydrogen-bond acceptors (Lipinski definition) is 3. The minimum Gasteiger partial charge on any atom is -0.318 e. The van der Waals surface area contributed by atoms with Crippen molar-refractivity contribution in [2.75, 3.05) is 0 Å². The molecule has 0 saturated carbocycles. The predicted octanol–water partition coefficient (Wildman–Crippen LogP) is 2.11. The molecule has 3 heteroatoms. The topological polar surface area (TPSA) is 55.5 Å². The van der Waals surface area contributed by atoms with E-state index in [9.17, 15) is 4.79 Å². The van der Waals surface area contributed by atoms with E-state index in [1.54, 1.807) is 36.7 Å². The lowest BCUT2D eigenvalue weighted by molar-refractivity contribution is 0.104. The molecule has 1 aliphatic heterocycles. The van der Waals surface area contributed by atoms with Crippen LogP contribution in [0.3, 0.4) is 0 Å². The molecule has 0 amide bonds. The van der Waals surface area contributed by atoms with Crippen molar-refractivity contribution < 1.29 is 4.79 Å². The SMILES string of the molecule is NC1(C=CC(=O)c2ccccc2)C=CN=CC1. The van der Waals surface area contributed by atoms with Crippen molar-refractivity contribution >= 4 is 12.0 Å². The second kappa shape index (κ2) is 4.89. The van der Waals surface area contributed by atoms with Crippen LogP contribution in [-0.4, -0.2) is 17.5 Å². The fourth-order valence-corrected chi connectivity index (χ4v) is 1.57. The van der Waals surface area contributed by atoms with Crippen LogP contribution in [0, 0.1) is 0 Å². The summed E-state index contributed by atoms with van der Waals surface area (Å²) in [6.45, 7) is 0. The Kier molecular flexibility index (Phi) is 3.30. The van der Waals surface area contributed by atoms with Gasteiger partial charge in [0.25, 0.3) is 0 Å². The summed E-state index contributed by atoms with van der Waals surface area (Å²) in [5.41, 5.74) is 6.14. The van der Waals surface area contributed by atoms with Gasteiger partial charge in [0.1, 0.15) is 0 Å². The molecule has 1 atom stereocenters.